The summed E-state index contributed by atoms with van der Waals surface area (Å²) in [6.07, 6.45) is 5.17. The van der Waals surface area contributed by atoms with Crippen LogP contribution in [0.25, 0.3) is 17.1 Å². The molecule has 0 amide bonds. The van der Waals surface area contributed by atoms with Crippen molar-refractivity contribution in [2.45, 2.75) is 39.2 Å². The number of pyridine rings is 2. The summed E-state index contributed by atoms with van der Waals surface area (Å²) in [7, 11) is 0. The highest BCUT2D eigenvalue weighted by Crippen LogP contribution is 2.28. The van der Waals surface area contributed by atoms with Crippen LogP contribution in [0.5, 0.6) is 0 Å². The Hall–Kier alpha value is -3.69. The van der Waals surface area contributed by atoms with Crippen LogP contribution in [0.2, 0.25) is 5.02 Å². The number of nitrogens with one attached hydrogen (secondary N) is 1. The molecular formula is C28H26ClF2N5O2. The Morgan fingerprint density at radius 2 is 1.87 bits per heavy atom. The second-order valence-corrected chi connectivity index (χ2v) is 9.66. The van der Waals surface area contributed by atoms with E-state index in [1.807, 2.05) is 13.0 Å². The Morgan fingerprint density at radius 3 is 2.63 bits per heavy atom. The normalized spacial score (nSPS) is 14.0. The van der Waals surface area contributed by atoms with Gasteiger partial charge in [-0.25, -0.2) is 18.7 Å². The van der Waals surface area contributed by atoms with E-state index in [0.29, 0.717) is 41.7 Å². The highest BCUT2D eigenvalue weighted by molar-refractivity contribution is 6.33. The molecule has 1 saturated heterocycles. The molecule has 10 heteroatoms. The van der Waals surface area contributed by atoms with Crippen LogP contribution in [0.4, 0.5) is 14.5 Å². The Morgan fingerprint density at radius 1 is 1.08 bits per heavy atom. The first-order valence-electron chi connectivity index (χ1n) is 12.3. The number of ether oxygens (including phenoxy) is 1. The van der Waals surface area contributed by atoms with E-state index in [2.05, 4.69) is 15.3 Å². The Balaban J connectivity index is 1.47. The lowest BCUT2D eigenvalue weighted by Crippen LogP contribution is -2.23. The Labute approximate surface area is 223 Å². The van der Waals surface area contributed by atoms with Crippen molar-refractivity contribution in [2.75, 3.05) is 18.5 Å². The monoisotopic (exact) mass is 537 g/mol. The molecule has 1 N–H and O–H groups in total. The zero-order chi connectivity index (χ0) is 26.8. The van der Waals surface area contributed by atoms with Gasteiger partial charge in [0.05, 0.1) is 22.8 Å². The van der Waals surface area contributed by atoms with Crippen molar-refractivity contribution >= 4 is 17.3 Å². The number of hydrogen-bond donors (Lipinski definition) is 1. The summed E-state index contributed by atoms with van der Waals surface area (Å²) in [4.78, 5) is 27.2. The lowest BCUT2D eigenvalue weighted by atomic mass is 9.99. The SMILES string of the molecule is Cc1cnc(-c2ccnc(C3CCOCC3)n2)cc1-n1c(C)cc(NCc2ccc(F)cc2F)c(Cl)c1=O. The lowest BCUT2D eigenvalue weighted by molar-refractivity contribution is 0.0836. The number of rotatable bonds is 6. The molecule has 3 aromatic heterocycles. The standard InChI is InChI=1S/C28H26ClF2N5O2/c1-16-14-33-23(22-5-8-32-27(35-22)18-6-9-38-10-7-18)13-25(16)36-17(2)11-24(26(29)28(36)37)34-15-19-3-4-20(30)12-21(19)31/h3-5,8,11-14,18,34H,6-7,9-10,15H2,1-2H3. The van der Waals surface area contributed by atoms with Crippen LogP contribution in [0, 0.1) is 25.5 Å². The molecule has 0 saturated carbocycles. The van der Waals surface area contributed by atoms with Gasteiger partial charge in [-0.3, -0.25) is 14.3 Å². The first-order valence-corrected chi connectivity index (χ1v) is 12.7. The van der Waals surface area contributed by atoms with E-state index >= 15 is 0 Å². The first kappa shape index (κ1) is 25.9. The maximum absolute atomic E-state index is 14.1. The van der Waals surface area contributed by atoms with E-state index in [9.17, 15) is 13.6 Å². The molecule has 0 atom stereocenters. The maximum Gasteiger partial charge on any atom is 0.276 e. The molecule has 38 heavy (non-hydrogen) atoms. The second-order valence-electron chi connectivity index (χ2n) is 9.29. The van der Waals surface area contributed by atoms with Crippen LogP contribution in [0.3, 0.4) is 0 Å². The van der Waals surface area contributed by atoms with Crippen molar-refractivity contribution in [1.29, 1.82) is 0 Å². The van der Waals surface area contributed by atoms with Crippen molar-refractivity contribution in [1.82, 2.24) is 19.5 Å². The minimum Gasteiger partial charge on any atom is -0.381 e. The van der Waals surface area contributed by atoms with Gasteiger partial charge in [-0.05, 0) is 56.5 Å². The van der Waals surface area contributed by atoms with Crippen LogP contribution < -0.4 is 10.9 Å². The third-order valence-electron chi connectivity index (χ3n) is 6.66. The number of benzene rings is 1. The van der Waals surface area contributed by atoms with Crippen molar-refractivity contribution in [2.24, 2.45) is 0 Å². The van der Waals surface area contributed by atoms with Gasteiger partial charge >= 0.3 is 0 Å². The van der Waals surface area contributed by atoms with E-state index in [1.54, 1.807) is 31.5 Å². The summed E-state index contributed by atoms with van der Waals surface area (Å²) in [6, 6.07) is 8.68. The zero-order valence-corrected chi connectivity index (χ0v) is 21.7. The molecule has 196 valence electrons. The topological polar surface area (TPSA) is 81.9 Å². The van der Waals surface area contributed by atoms with Crippen LogP contribution >= 0.6 is 11.6 Å². The molecule has 1 fully saturated rings. The fourth-order valence-corrected chi connectivity index (χ4v) is 4.76. The van der Waals surface area contributed by atoms with Gasteiger partial charge in [0.2, 0.25) is 0 Å². The molecule has 1 aromatic carbocycles. The number of halogens is 3. The largest absolute Gasteiger partial charge is 0.381 e. The predicted molar refractivity (Wildman–Crippen MR) is 142 cm³/mol. The molecule has 1 aliphatic heterocycles. The molecule has 7 nitrogen and oxygen atoms in total. The molecule has 0 unspecified atom stereocenters. The minimum atomic E-state index is -0.677. The van der Waals surface area contributed by atoms with Gasteiger partial charge in [0.25, 0.3) is 5.56 Å². The first-order chi connectivity index (χ1) is 18.3. The predicted octanol–water partition coefficient (Wildman–Crippen LogP) is 5.74. The van der Waals surface area contributed by atoms with Gasteiger partial charge in [-0.2, -0.15) is 0 Å². The smallest absolute Gasteiger partial charge is 0.276 e. The molecule has 0 aliphatic carbocycles. The average Bonchev–Trinajstić information content (AvgIpc) is 2.92. The average molecular weight is 538 g/mol. The maximum atomic E-state index is 14.1. The number of anilines is 1. The third-order valence-corrected chi connectivity index (χ3v) is 7.02. The van der Waals surface area contributed by atoms with Gasteiger partial charge in [0.1, 0.15) is 22.5 Å². The molecule has 5 rings (SSSR count). The lowest BCUT2D eigenvalue weighted by Gasteiger charge is -2.21. The molecule has 4 aromatic rings. The Kier molecular flexibility index (Phi) is 7.49. The molecule has 0 radical (unpaired) electrons. The van der Waals surface area contributed by atoms with E-state index in [0.717, 1.165) is 30.3 Å². The number of aryl methyl sites for hydroxylation is 2. The molecule has 1 aliphatic rings. The quantitative estimate of drug-likeness (QED) is 0.337. The summed E-state index contributed by atoms with van der Waals surface area (Å²) >= 11 is 6.47. The van der Waals surface area contributed by atoms with Gasteiger partial charge in [-0.15, -0.1) is 0 Å². The summed E-state index contributed by atoms with van der Waals surface area (Å²) < 4.78 is 34.2. The van der Waals surface area contributed by atoms with E-state index in [-0.39, 0.29) is 23.0 Å². The molecule has 4 heterocycles. The third kappa shape index (κ3) is 5.30. The fraction of sp³-hybridized carbons (Fsp3) is 0.286. The highest BCUT2D eigenvalue weighted by atomic mass is 35.5. The summed E-state index contributed by atoms with van der Waals surface area (Å²) in [6.45, 7) is 5.07. The van der Waals surface area contributed by atoms with Crippen molar-refractivity contribution < 1.29 is 13.5 Å². The van der Waals surface area contributed by atoms with Crippen LogP contribution in [0.1, 0.15) is 41.4 Å². The molecular weight excluding hydrogens is 512 g/mol. The summed E-state index contributed by atoms with van der Waals surface area (Å²) in [5.74, 6) is -0.334. The van der Waals surface area contributed by atoms with E-state index in [1.165, 1.54) is 16.7 Å². The van der Waals surface area contributed by atoms with Crippen molar-refractivity contribution in [3.63, 3.8) is 0 Å². The van der Waals surface area contributed by atoms with E-state index < -0.39 is 17.2 Å². The van der Waals surface area contributed by atoms with Gasteiger partial charge in [0.15, 0.2) is 0 Å². The number of hydrogen-bond acceptors (Lipinski definition) is 6. The van der Waals surface area contributed by atoms with Crippen LogP contribution in [-0.4, -0.2) is 32.7 Å². The molecule has 0 spiro atoms. The van der Waals surface area contributed by atoms with Crippen LogP contribution in [-0.2, 0) is 11.3 Å². The summed E-state index contributed by atoms with van der Waals surface area (Å²) in [5.41, 5.74) is 3.48. The zero-order valence-electron chi connectivity index (χ0n) is 21.0. The second kappa shape index (κ2) is 11.0. The van der Waals surface area contributed by atoms with Crippen LogP contribution in [0.15, 0.2) is 53.6 Å². The van der Waals surface area contributed by atoms with Gasteiger partial charge in [-0.1, -0.05) is 17.7 Å². The Bertz CT molecular complexity index is 1550. The highest BCUT2D eigenvalue weighted by Gasteiger charge is 2.20. The number of aromatic nitrogens is 4. The van der Waals surface area contributed by atoms with E-state index in [4.69, 9.17) is 21.3 Å². The van der Waals surface area contributed by atoms with Crippen molar-refractivity contribution in [3.05, 3.63) is 98.4 Å². The fourth-order valence-electron chi connectivity index (χ4n) is 4.56. The number of nitrogens with zero attached hydrogens (tertiary/aromatic N) is 4. The van der Waals surface area contributed by atoms with Gasteiger partial charge in [0, 0.05) is 55.4 Å². The summed E-state index contributed by atoms with van der Waals surface area (Å²) in [5, 5.41) is 2.95. The molecule has 0 bridgehead atoms. The minimum absolute atomic E-state index is 0.0380. The van der Waals surface area contributed by atoms with Gasteiger partial charge < -0.3 is 10.1 Å². The van der Waals surface area contributed by atoms with Crippen molar-refractivity contribution in [3.8, 4) is 17.1 Å².